The molecule has 1 aromatic rings. The Hall–Kier alpha value is -2.57. The topological polar surface area (TPSA) is 109 Å². The highest BCUT2D eigenvalue weighted by Gasteiger charge is 2.21. The number of rotatable bonds is 2. The van der Waals surface area contributed by atoms with E-state index in [4.69, 9.17) is 5.73 Å². The number of nitrogens with two attached hydrogens (primary N) is 1. The summed E-state index contributed by atoms with van der Waals surface area (Å²) in [6.07, 6.45) is 6.79. The Balaban J connectivity index is 2.03. The molecule has 0 aliphatic carbocycles. The van der Waals surface area contributed by atoms with E-state index in [1.165, 1.54) is 0 Å². The Morgan fingerprint density at radius 2 is 1.69 bits per heavy atom. The highest BCUT2D eigenvalue weighted by molar-refractivity contribution is 5.97. The van der Waals surface area contributed by atoms with Gasteiger partial charge in [-0.15, -0.1) is 0 Å². The van der Waals surface area contributed by atoms with Gasteiger partial charge in [-0.25, -0.2) is 4.79 Å². The largest absolute Gasteiger partial charge is 0.370 e. The van der Waals surface area contributed by atoms with Crippen LogP contribution in [0.1, 0.15) is 44.1 Å². The van der Waals surface area contributed by atoms with Gasteiger partial charge in [0.1, 0.15) is 6.04 Å². The minimum absolute atomic E-state index is 0.0773. The molecule has 142 valence electrons. The third-order valence-electron chi connectivity index (χ3n) is 4.31. The van der Waals surface area contributed by atoms with Crippen molar-refractivity contribution in [3.63, 3.8) is 0 Å². The molecule has 0 unspecified atom stereocenters. The van der Waals surface area contributed by atoms with Gasteiger partial charge < -0.3 is 16.4 Å². The average Bonchev–Trinajstić information content (AvgIpc) is 2.62. The first-order chi connectivity index (χ1) is 12.6. The molecule has 7 heteroatoms. The molecule has 1 atom stereocenters. The summed E-state index contributed by atoms with van der Waals surface area (Å²) in [6.45, 7) is 1.22. The van der Waals surface area contributed by atoms with Gasteiger partial charge in [-0.2, -0.15) is 0 Å². The van der Waals surface area contributed by atoms with E-state index < -0.39 is 12.1 Å². The SMILES string of the molecule is NC1=NCCCCCCCCNC(=O)[C@H](Cc2ccccc2)NC(=O)N1. The van der Waals surface area contributed by atoms with E-state index in [1.807, 2.05) is 30.3 Å². The summed E-state index contributed by atoms with van der Waals surface area (Å²) in [6, 6.07) is 8.41. The predicted octanol–water partition coefficient (Wildman–Crippen LogP) is 1.68. The fourth-order valence-electron chi connectivity index (χ4n) is 2.89. The Morgan fingerprint density at radius 3 is 2.46 bits per heavy atom. The van der Waals surface area contributed by atoms with E-state index in [0.717, 1.165) is 44.1 Å². The van der Waals surface area contributed by atoms with Gasteiger partial charge in [-0.05, 0) is 18.4 Å². The van der Waals surface area contributed by atoms with Crippen molar-refractivity contribution in [3.05, 3.63) is 35.9 Å². The molecular weight excluding hydrogens is 330 g/mol. The van der Waals surface area contributed by atoms with Crippen LogP contribution < -0.4 is 21.7 Å². The highest BCUT2D eigenvalue weighted by atomic mass is 16.2. The van der Waals surface area contributed by atoms with Crippen LogP contribution in [0.2, 0.25) is 0 Å². The van der Waals surface area contributed by atoms with Gasteiger partial charge in [-0.1, -0.05) is 56.0 Å². The van der Waals surface area contributed by atoms with E-state index in [2.05, 4.69) is 20.9 Å². The van der Waals surface area contributed by atoms with Gasteiger partial charge in [0.2, 0.25) is 5.91 Å². The Bertz CT molecular complexity index is 603. The second kappa shape index (κ2) is 11.1. The molecule has 0 spiro atoms. The fourth-order valence-corrected chi connectivity index (χ4v) is 2.89. The van der Waals surface area contributed by atoms with Crippen molar-refractivity contribution in [3.8, 4) is 0 Å². The normalized spacial score (nSPS) is 21.1. The summed E-state index contributed by atoms with van der Waals surface area (Å²) in [5, 5.41) is 8.12. The van der Waals surface area contributed by atoms with Gasteiger partial charge in [-0.3, -0.25) is 15.1 Å². The van der Waals surface area contributed by atoms with Gasteiger partial charge in [0.05, 0.1) is 0 Å². The summed E-state index contributed by atoms with van der Waals surface area (Å²) < 4.78 is 0. The van der Waals surface area contributed by atoms with Crippen molar-refractivity contribution in [2.24, 2.45) is 10.7 Å². The van der Waals surface area contributed by atoms with Crippen LogP contribution in [-0.2, 0) is 11.2 Å². The highest BCUT2D eigenvalue weighted by Crippen LogP contribution is 2.06. The van der Waals surface area contributed by atoms with Gasteiger partial charge >= 0.3 is 6.03 Å². The molecular formula is C19H29N5O2. The summed E-state index contributed by atoms with van der Waals surface area (Å²) in [5.74, 6) is -0.111. The maximum absolute atomic E-state index is 12.5. The Morgan fingerprint density at radius 1 is 1.00 bits per heavy atom. The smallest absolute Gasteiger partial charge is 0.322 e. The number of nitrogens with zero attached hydrogens (tertiary/aromatic N) is 1. The van der Waals surface area contributed by atoms with Crippen LogP contribution in [0.3, 0.4) is 0 Å². The van der Waals surface area contributed by atoms with E-state index in [9.17, 15) is 9.59 Å². The summed E-state index contributed by atoms with van der Waals surface area (Å²) in [5.41, 5.74) is 6.72. The van der Waals surface area contributed by atoms with Crippen LogP contribution >= 0.6 is 0 Å². The summed E-state index contributed by atoms with van der Waals surface area (Å²) in [4.78, 5) is 28.8. The predicted molar refractivity (Wildman–Crippen MR) is 103 cm³/mol. The minimum Gasteiger partial charge on any atom is -0.370 e. The first-order valence-corrected chi connectivity index (χ1v) is 9.34. The standard InChI is InChI=1S/C19H29N5O2/c20-18-22-13-9-4-2-1-3-8-12-21-17(25)16(23-19(26)24-18)14-15-10-6-5-7-11-15/h5-7,10-11,16H,1-4,8-9,12-14H2,(H,21,25)(H4,20,22,23,24,26)/t16-/m0/s1. The maximum Gasteiger partial charge on any atom is 0.322 e. The van der Waals surface area contributed by atoms with Crippen molar-refractivity contribution >= 4 is 17.9 Å². The molecule has 2 rings (SSSR count). The Labute approximate surface area is 154 Å². The molecule has 0 saturated heterocycles. The first-order valence-electron chi connectivity index (χ1n) is 9.34. The number of hydrogen-bond donors (Lipinski definition) is 4. The fraction of sp³-hybridized carbons (Fsp3) is 0.526. The van der Waals surface area contributed by atoms with E-state index in [1.54, 1.807) is 0 Å². The number of guanidine groups is 1. The van der Waals surface area contributed by atoms with Crippen LogP contribution in [0.4, 0.5) is 4.79 Å². The molecule has 1 aromatic carbocycles. The molecule has 0 bridgehead atoms. The number of aliphatic imine (C=N–C) groups is 1. The lowest BCUT2D eigenvalue weighted by Crippen LogP contribution is -2.53. The average molecular weight is 359 g/mol. The van der Waals surface area contributed by atoms with Crippen LogP contribution in [0.25, 0.3) is 0 Å². The van der Waals surface area contributed by atoms with Gasteiger partial charge in [0.25, 0.3) is 0 Å². The van der Waals surface area contributed by atoms with Gasteiger partial charge in [0, 0.05) is 19.5 Å². The summed E-state index contributed by atoms with van der Waals surface area (Å²) >= 11 is 0. The molecule has 1 aliphatic heterocycles. The van der Waals surface area contributed by atoms with Crippen LogP contribution in [0.5, 0.6) is 0 Å². The molecule has 0 fully saturated rings. The number of benzene rings is 1. The summed E-state index contributed by atoms with van der Waals surface area (Å²) in [7, 11) is 0. The molecule has 0 aromatic heterocycles. The van der Waals surface area contributed by atoms with Crippen LogP contribution in [0.15, 0.2) is 35.3 Å². The van der Waals surface area contributed by atoms with E-state index in [-0.39, 0.29) is 11.9 Å². The van der Waals surface area contributed by atoms with Crippen LogP contribution in [0, 0.1) is 0 Å². The second-order valence-electron chi connectivity index (χ2n) is 6.52. The van der Waals surface area contributed by atoms with Crippen molar-refractivity contribution in [1.82, 2.24) is 16.0 Å². The zero-order valence-corrected chi connectivity index (χ0v) is 15.2. The monoisotopic (exact) mass is 359 g/mol. The lowest BCUT2D eigenvalue weighted by atomic mass is 10.1. The minimum atomic E-state index is -0.668. The third-order valence-corrected chi connectivity index (χ3v) is 4.31. The van der Waals surface area contributed by atoms with Crippen molar-refractivity contribution in [1.29, 1.82) is 0 Å². The lowest BCUT2D eigenvalue weighted by molar-refractivity contribution is -0.122. The number of carbonyl (C=O) groups excluding carboxylic acids is 2. The maximum atomic E-state index is 12.5. The first kappa shape index (κ1) is 19.8. The van der Waals surface area contributed by atoms with E-state index in [0.29, 0.717) is 19.5 Å². The van der Waals surface area contributed by atoms with Crippen molar-refractivity contribution in [2.75, 3.05) is 13.1 Å². The lowest BCUT2D eigenvalue weighted by Gasteiger charge is -2.19. The molecule has 1 aliphatic rings. The molecule has 0 saturated carbocycles. The van der Waals surface area contributed by atoms with E-state index >= 15 is 0 Å². The van der Waals surface area contributed by atoms with Crippen molar-refractivity contribution in [2.45, 2.75) is 51.0 Å². The molecule has 0 radical (unpaired) electrons. The quantitative estimate of drug-likeness (QED) is 0.645. The molecule has 1 heterocycles. The Kier molecular flexibility index (Phi) is 8.45. The molecule has 26 heavy (non-hydrogen) atoms. The molecule has 7 nitrogen and oxygen atoms in total. The zero-order valence-electron chi connectivity index (χ0n) is 15.2. The van der Waals surface area contributed by atoms with Gasteiger partial charge in [0.15, 0.2) is 5.96 Å². The number of nitrogens with one attached hydrogen (secondary N) is 3. The number of urea groups is 1. The molecule has 3 amide bonds. The number of hydrogen-bond acceptors (Lipinski definition) is 4. The van der Waals surface area contributed by atoms with Crippen LogP contribution in [-0.4, -0.2) is 37.0 Å². The molecule has 5 N–H and O–H groups in total. The van der Waals surface area contributed by atoms with Crippen molar-refractivity contribution < 1.29 is 9.59 Å². The third kappa shape index (κ3) is 7.55. The number of amides is 3. The second-order valence-corrected chi connectivity index (χ2v) is 6.52. The number of carbonyl (C=O) groups is 2. The zero-order chi connectivity index (χ0) is 18.6.